The lowest BCUT2D eigenvalue weighted by molar-refractivity contribution is -0.120. The minimum Gasteiger partial charge on any atom is -0.452 e. The van der Waals surface area contributed by atoms with Crippen LogP contribution in [0.5, 0.6) is 0 Å². The maximum atomic E-state index is 13.2. The molecule has 30 heavy (non-hydrogen) atoms. The smallest absolute Gasteiger partial charge is 0.338 e. The van der Waals surface area contributed by atoms with Crippen LogP contribution in [0.25, 0.3) is 11.1 Å². The van der Waals surface area contributed by atoms with E-state index in [1.165, 1.54) is 6.39 Å². The van der Waals surface area contributed by atoms with E-state index >= 15 is 0 Å². The predicted molar refractivity (Wildman–Crippen MR) is 112 cm³/mol. The Kier molecular flexibility index (Phi) is 4.52. The fraction of sp³-hybridized carbons (Fsp3) is 0.125. The molecule has 0 saturated heterocycles. The number of rotatable bonds is 3. The van der Waals surface area contributed by atoms with E-state index < -0.39 is 5.97 Å². The number of esters is 1. The van der Waals surface area contributed by atoms with Gasteiger partial charge in [0.25, 0.3) is 5.91 Å². The van der Waals surface area contributed by atoms with Gasteiger partial charge in [-0.3, -0.25) is 9.69 Å². The number of anilines is 2. The number of aryl methyl sites for hydroxylation is 2. The molecule has 1 aliphatic heterocycles. The Balaban J connectivity index is 1.41. The van der Waals surface area contributed by atoms with E-state index in [1.807, 2.05) is 48.5 Å². The van der Waals surface area contributed by atoms with E-state index in [2.05, 4.69) is 4.98 Å². The highest BCUT2D eigenvalue weighted by Gasteiger charge is 2.26. The zero-order chi connectivity index (χ0) is 20.5. The second-order valence-electron chi connectivity index (χ2n) is 7.10. The first-order valence-corrected chi connectivity index (χ1v) is 9.70. The number of carbonyl (C=O) groups excluding carboxylic acids is 2. The second kappa shape index (κ2) is 7.48. The molecule has 1 aromatic heterocycles. The maximum Gasteiger partial charge on any atom is 0.338 e. The number of nitrogens with zero attached hydrogens (tertiary/aromatic N) is 2. The van der Waals surface area contributed by atoms with Crippen LogP contribution in [0.2, 0.25) is 0 Å². The lowest BCUT2D eigenvalue weighted by Gasteiger charge is -2.24. The molecule has 0 saturated carbocycles. The number of hydrogen-bond donors (Lipinski definition) is 0. The van der Waals surface area contributed by atoms with Gasteiger partial charge in [-0.25, -0.2) is 9.78 Å². The number of fused-ring (bicyclic) bond motifs is 3. The van der Waals surface area contributed by atoms with E-state index in [-0.39, 0.29) is 12.5 Å². The summed E-state index contributed by atoms with van der Waals surface area (Å²) >= 11 is 0. The van der Waals surface area contributed by atoms with Crippen LogP contribution in [0.3, 0.4) is 0 Å². The number of benzene rings is 3. The highest BCUT2D eigenvalue weighted by molar-refractivity contribution is 6.04. The molecule has 0 spiro atoms. The molecule has 4 aromatic rings. The van der Waals surface area contributed by atoms with Crippen molar-refractivity contribution in [3.63, 3.8) is 0 Å². The van der Waals surface area contributed by atoms with Crippen LogP contribution < -0.4 is 4.90 Å². The summed E-state index contributed by atoms with van der Waals surface area (Å²) in [4.78, 5) is 31.4. The van der Waals surface area contributed by atoms with E-state index in [4.69, 9.17) is 9.15 Å². The van der Waals surface area contributed by atoms with Crippen LogP contribution in [-0.2, 0) is 22.4 Å². The Morgan fingerprint density at radius 1 is 0.933 bits per heavy atom. The quantitative estimate of drug-likeness (QED) is 0.477. The number of ether oxygens (including phenoxy) is 1. The molecule has 0 bridgehead atoms. The highest BCUT2D eigenvalue weighted by atomic mass is 16.5. The average Bonchev–Trinajstić information content (AvgIpc) is 3.18. The fourth-order valence-corrected chi connectivity index (χ4v) is 3.81. The van der Waals surface area contributed by atoms with Crippen molar-refractivity contribution in [1.29, 1.82) is 0 Å². The third-order valence-corrected chi connectivity index (χ3v) is 5.27. The zero-order valence-corrected chi connectivity index (χ0v) is 16.1. The number of aromatic nitrogens is 1. The molecule has 6 heteroatoms. The first-order valence-electron chi connectivity index (χ1n) is 9.70. The molecule has 0 atom stereocenters. The molecule has 148 valence electrons. The lowest BCUT2D eigenvalue weighted by atomic mass is 10.0. The van der Waals surface area contributed by atoms with Crippen molar-refractivity contribution in [2.75, 3.05) is 11.5 Å². The fourth-order valence-electron chi connectivity index (χ4n) is 3.81. The number of para-hydroxylation sites is 2. The van der Waals surface area contributed by atoms with Gasteiger partial charge in [0.15, 0.2) is 18.6 Å². The minimum atomic E-state index is -0.585. The molecular weight excluding hydrogens is 380 g/mol. The van der Waals surface area contributed by atoms with Gasteiger partial charge in [-0.1, -0.05) is 36.4 Å². The van der Waals surface area contributed by atoms with Crippen molar-refractivity contribution >= 4 is 34.4 Å². The summed E-state index contributed by atoms with van der Waals surface area (Å²) in [5, 5.41) is 0. The Morgan fingerprint density at radius 2 is 1.60 bits per heavy atom. The van der Waals surface area contributed by atoms with Gasteiger partial charge in [0, 0.05) is 0 Å². The Hall–Kier alpha value is -3.93. The Labute approximate surface area is 172 Å². The van der Waals surface area contributed by atoms with E-state index in [1.54, 1.807) is 23.1 Å². The Bertz CT molecular complexity index is 1210. The molecule has 0 fully saturated rings. The molecule has 5 rings (SSSR count). The topological polar surface area (TPSA) is 72.6 Å². The first-order chi connectivity index (χ1) is 14.7. The standard InChI is InChI=1S/C24H18N2O4/c27-23(14-29-24(28)18-11-12-19-22(13-18)30-15-25-19)26-20-7-3-1-5-16(20)9-10-17-6-2-4-8-21(17)26/h1-8,11-13,15H,9-10,14H2. The van der Waals surface area contributed by atoms with E-state index in [0.29, 0.717) is 16.7 Å². The highest BCUT2D eigenvalue weighted by Crippen LogP contribution is 2.36. The van der Waals surface area contributed by atoms with Crippen molar-refractivity contribution in [3.8, 4) is 0 Å². The molecule has 0 radical (unpaired) electrons. The van der Waals surface area contributed by atoms with Crippen molar-refractivity contribution in [2.45, 2.75) is 12.8 Å². The van der Waals surface area contributed by atoms with Gasteiger partial charge in [0.2, 0.25) is 0 Å². The van der Waals surface area contributed by atoms with Crippen molar-refractivity contribution in [3.05, 3.63) is 89.8 Å². The molecule has 6 nitrogen and oxygen atoms in total. The van der Waals surface area contributed by atoms with Gasteiger partial charge < -0.3 is 9.15 Å². The summed E-state index contributed by atoms with van der Waals surface area (Å²) < 4.78 is 10.6. The number of oxazole rings is 1. The third-order valence-electron chi connectivity index (χ3n) is 5.27. The van der Waals surface area contributed by atoms with Crippen molar-refractivity contribution in [2.24, 2.45) is 0 Å². The summed E-state index contributed by atoms with van der Waals surface area (Å²) in [5.41, 5.74) is 5.28. The first kappa shape index (κ1) is 18.1. The van der Waals surface area contributed by atoms with Crippen LogP contribution in [0, 0.1) is 0 Å². The molecule has 0 N–H and O–H groups in total. The normalized spacial score (nSPS) is 12.7. The van der Waals surface area contributed by atoms with Gasteiger partial charge in [0.1, 0.15) is 5.52 Å². The van der Waals surface area contributed by atoms with E-state index in [0.717, 1.165) is 35.3 Å². The van der Waals surface area contributed by atoms with Crippen LogP contribution >= 0.6 is 0 Å². The molecule has 3 aromatic carbocycles. The van der Waals surface area contributed by atoms with Gasteiger partial charge in [-0.2, -0.15) is 0 Å². The summed E-state index contributed by atoms with van der Waals surface area (Å²) in [6.07, 6.45) is 3.00. The maximum absolute atomic E-state index is 13.2. The number of hydrogen-bond acceptors (Lipinski definition) is 5. The molecule has 0 aliphatic carbocycles. The van der Waals surface area contributed by atoms with Crippen LogP contribution in [0.15, 0.2) is 77.5 Å². The monoisotopic (exact) mass is 398 g/mol. The van der Waals surface area contributed by atoms with Crippen molar-refractivity contribution < 1.29 is 18.7 Å². The largest absolute Gasteiger partial charge is 0.452 e. The molecule has 2 heterocycles. The van der Waals surface area contributed by atoms with Crippen LogP contribution in [0.4, 0.5) is 11.4 Å². The Morgan fingerprint density at radius 3 is 2.30 bits per heavy atom. The SMILES string of the molecule is O=C(OCC(=O)N1c2ccccc2CCc2ccccc21)c1ccc2ncoc2c1. The third kappa shape index (κ3) is 3.22. The van der Waals surface area contributed by atoms with Gasteiger partial charge in [0.05, 0.1) is 16.9 Å². The number of amides is 1. The zero-order valence-electron chi connectivity index (χ0n) is 16.1. The summed E-state index contributed by atoms with van der Waals surface area (Å²) in [6.45, 7) is -0.365. The van der Waals surface area contributed by atoms with Gasteiger partial charge in [-0.15, -0.1) is 0 Å². The summed E-state index contributed by atoms with van der Waals surface area (Å²) in [5.74, 6) is -0.885. The lowest BCUT2D eigenvalue weighted by Crippen LogP contribution is -2.31. The van der Waals surface area contributed by atoms with Crippen LogP contribution in [-0.4, -0.2) is 23.5 Å². The predicted octanol–water partition coefficient (Wildman–Crippen LogP) is 4.45. The molecule has 1 aliphatic rings. The summed E-state index contributed by atoms with van der Waals surface area (Å²) in [7, 11) is 0. The molecule has 1 amide bonds. The van der Waals surface area contributed by atoms with E-state index in [9.17, 15) is 9.59 Å². The minimum absolute atomic E-state index is 0.300. The molecular formula is C24H18N2O4. The van der Waals surface area contributed by atoms with Gasteiger partial charge >= 0.3 is 5.97 Å². The summed E-state index contributed by atoms with van der Waals surface area (Å²) in [6, 6.07) is 20.5. The average molecular weight is 398 g/mol. The van der Waals surface area contributed by atoms with Crippen molar-refractivity contribution in [1.82, 2.24) is 4.98 Å². The van der Waals surface area contributed by atoms with Crippen LogP contribution in [0.1, 0.15) is 21.5 Å². The second-order valence-corrected chi connectivity index (χ2v) is 7.10. The molecule has 0 unspecified atom stereocenters. The number of carbonyl (C=O) groups is 2. The van der Waals surface area contributed by atoms with Gasteiger partial charge in [-0.05, 0) is 54.3 Å².